The van der Waals surface area contributed by atoms with Crippen molar-refractivity contribution >= 4 is 5.95 Å². The Morgan fingerprint density at radius 1 is 0.885 bits per heavy atom. The number of hydrogen-bond donors (Lipinski definition) is 1. The molecule has 0 spiro atoms. The van der Waals surface area contributed by atoms with Gasteiger partial charge in [-0.25, -0.2) is 9.97 Å². The number of nitrogens with zero attached hydrogens (tertiary/aromatic N) is 3. The lowest BCUT2D eigenvalue weighted by Gasteiger charge is -2.35. The topological polar surface area (TPSA) is 75.6 Å². The Morgan fingerprint density at radius 3 is 1.85 bits per heavy atom. The molecule has 0 saturated carbocycles. The number of nitrogens with two attached hydrogens (primary N) is 1. The average Bonchev–Trinajstić information content (AvgIpc) is 2.68. The van der Waals surface area contributed by atoms with Crippen LogP contribution in [-0.2, 0) is 5.41 Å². The minimum absolute atomic E-state index is 0.149. The van der Waals surface area contributed by atoms with Crippen molar-refractivity contribution in [3.8, 4) is 17.2 Å². The molecule has 0 aliphatic rings. The summed E-state index contributed by atoms with van der Waals surface area (Å²) in [7, 11) is 0. The summed E-state index contributed by atoms with van der Waals surface area (Å²) >= 11 is 0. The largest absolute Gasteiger partial charge is 0.368 e. The van der Waals surface area contributed by atoms with Crippen LogP contribution in [0.2, 0.25) is 0 Å². The number of nitriles is 1. The van der Waals surface area contributed by atoms with Crippen LogP contribution in [0.3, 0.4) is 0 Å². The van der Waals surface area contributed by atoms with E-state index in [1.807, 2.05) is 12.1 Å². The van der Waals surface area contributed by atoms with Crippen molar-refractivity contribution in [2.45, 2.75) is 26.2 Å². The Balaban J connectivity index is 2.00. The fourth-order valence-electron chi connectivity index (χ4n) is 3.22. The lowest BCUT2D eigenvalue weighted by molar-refractivity contribution is 0.405. The summed E-state index contributed by atoms with van der Waals surface area (Å²) in [4.78, 5) is 8.12. The molecule has 4 nitrogen and oxygen atoms in total. The number of benzene rings is 2. The van der Waals surface area contributed by atoms with E-state index in [0.717, 1.165) is 11.1 Å². The smallest absolute Gasteiger partial charge is 0.219 e. The normalized spacial score (nSPS) is 13.2. The Labute approximate surface area is 154 Å². The van der Waals surface area contributed by atoms with Crippen molar-refractivity contribution in [2.24, 2.45) is 5.92 Å². The molecule has 3 aromatic rings. The van der Waals surface area contributed by atoms with Crippen LogP contribution in [0.4, 0.5) is 5.95 Å². The third-order valence-corrected chi connectivity index (χ3v) is 5.26. The lowest BCUT2D eigenvalue weighted by atomic mass is 9.68. The van der Waals surface area contributed by atoms with Gasteiger partial charge in [0.1, 0.15) is 0 Å². The molecule has 0 aliphatic heterocycles. The SMILES string of the molecule is CC(C)C(C)(c1ccc(C#N)cc1)c1ccc(-c2cnc(N)nc2)cc1. The lowest BCUT2D eigenvalue weighted by Crippen LogP contribution is -2.30. The molecule has 1 aromatic heterocycles. The molecule has 0 bridgehead atoms. The highest BCUT2D eigenvalue weighted by Gasteiger charge is 2.32. The summed E-state index contributed by atoms with van der Waals surface area (Å²) in [5.74, 6) is 0.666. The van der Waals surface area contributed by atoms with Gasteiger partial charge in [-0.1, -0.05) is 57.2 Å². The highest BCUT2D eigenvalue weighted by atomic mass is 15.0. The standard InChI is InChI=1S/C22H22N4/c1-15(2)22(3,19-8-4-16(12-23)5-9-19)20-10-6-17(7-11-20)18-13-25-21(24)26-14-18/h4-11,13-15H,1-3H3,(H2,24,25,26). The first kappa shape index (κ1) is 17.6. The maximum Gasteiger partial charge on any atom is 0.219 e. The van der Waals surface area contributed by atoms with Crippen LogP contribution < -0.4 is 5.73 Å². The predicted molar refractivity (Wildman–Crippen MR) is 104 cm³/mol. The van der Waals surface area contributed by atoms with E-state index >= 15 is 0 Å². The molecule has 4 heteroatoms. The van der Waals surface area contributed by atoms with Gasteiger partial charge >= 0.3 is 0 Å². The molecule has 1 atom stereocenters. The highest BCUT2D eigenvalue weighted by molar-refractivity contribution is 5.63. The van der Waals surface area contributed by atoms with Crippen LogP contribution in [-0.4, -0.2) is 9.97 Å². The van der Waals surface area contributed by atoms with E-state index in [9.17, 15) is 0 Å². The zero-order chi connectivity index (χ0) is 18.7. The van der Waals surface area contributed by atoms with Crippen molar-refractivity contribution in [3.05, 3.63) is 77.6 Å². The van der Waals surface area contributed by atoms with Crippen molar-refractivity contribution < 1.29 is 0 Å². The van der Waals surface area contributed by atoms with Crippen molar-refractivity contribution in [1.82, 2.24) is 9.97 Å². The molecular formula is C22H22N4. The van der Waals surface area contributed by atoms with Gasteiger partial charge in [-0.2, -0.15) is 5.26 Å². The van der Waals surface area contributed by atoms with E-state index in [-0.39, 0.29) is 11.4 Å². The Morgan fingerprint density at radius 2 is 1.38 bits per heavy atom. The molecule has 26 heavy (non-hydrogen) atoms. The van der Waals surface area contributed by atoms with Crippen molar-refractivity contribution in [1.29, 1.82) is 5.26 Å². The fraction of sp³-hybridized carbons (Fsp3) is 0.227. The quantitative estimate of drug-likeness (QED) is 0.754. The molecule has 0 fully saturated rings. The van der Waals surface area contributed by atoms with Crippen LogP contribution in [0.1, 0.15) is 37.5 Å². The summed E-state index contributed by atoms with van der Waals surface area (Å²) in [5.41, 5.74) is 10.5. The minimum Gasteiger partial charge on any atom is -0.368 e. The first-order valence-corrected chi connectivity index (χ1v) is 8.64. The number of anilines is 1. The van der Waals surface area contributed by atoms with E-state index in [1.54, 1.807) is 12.4 Å². The van der Waals surface area contributed by atoms with E-state index < -0.39 is 0 Å². The number of rotatable bonds is 4. The number of aromatic nitrogens is 2. The van der Waals surface area contributed by atoms with Crippen LogP contribution in [0.15, 0.2) is 60.9 Å². The van der Waals surface area contributed by atoms with Gasteiger partial charge in [0, 0.05) is 23.4 Å². The van der Waals surface area contributed by atoms with Crippen molar-refractivity contribution in [3.63, 3.8) is 0 Å². The predicted octanol–water partition coefficient (Wildman–Crippen LogP) is 4.56. The summed E-state index contributed by atoms with van der Waals surface area (Å²) in [6.45, 7) is 6.69. The zero-order valence-corrected chi connectivity index (χ0v) is 15.3. The van der Waals surface area contributed by atoms with E-state index in [4.69, 9.17) is 11.0 Å². The Kier molecular flexibility index (Phi) is 4.73. The van der Waals surface area contributed by atoms with Crippen LogP contribution in [0, 0.1) is 17.2 Å². The third kappa shape index (κ3) is 3.16. The molecule has 3 rings (SSSR count). The first-order chi connectivity index (χ1) is 12.4. The van der Waals surface area contributed by atoms with Gasteiger partial charge in [0.05, 0.1) is 11.6 Å². The molecule has 130 valence electrons. The van der Waals surface area contributed by atoms with Crippen LogP contribution in [0.5, 0.6) is 0 Å². The number of hydrogen-bond acceptors (Lipinski definition) is 4. The van der Waals surface area contributed by atoms with E-state index in [1.165, 1.54) is 11.1 Å². The highest BCUT2D eigenvalue weighted by Crippen LogP contribution is 2.39. The monoisotopic (exact) mass is 342 g/mol. The molecular weight excluding hydrogens is 320 g/mol. The molecule has 0 radical (unpaired) electrons. The van der Waals surface area contributed by atoms with Crippen molar-refractivity contribution in [2.75, 3.05) is 5.73 Å². The average molecular weight is 342 g/mol. The van der Waals surface area contributed by atoms with Gasteiger partial charge < -0.3 is 5.73 Å². The Hall–Kier alpha value is -3.19. The second-order valence-electron chi connectivity index (χ2n) is 6.95. The Bertz CT molecular complexity index is 920. The third-order valence-electron chi connectivity index (χ3n) is 5.26. The molecule has 1 heterocycles. The first-order valence-electron chi connectivity index (χ1n) is 8.64. The second-order valence-corrected chi connectivity index (χ2v) is 6.95. The van der Waals surface area contributed by atoms with Gasteiger partial charge in [0.25, 0.3) is 0 Å². The van der Waals surface area contributed by atoms with Gasteiger partial charge in [0.2, 0.25) is 5.95 Å². The fourth-order valence-corrected chi connectivity index (χ4v) is 3.22. The summed E-state index contributed by atoms with van der Waals surface area (Å²) in [6, 6.07) is 18.6. The molecule has 0 amide bonds. The maximum absolute atomic E-state index is 9.05. The number of nitrogen functional groups attached to an aromatic ring is 1. The molecule has 0 aliphatic carbocycles. The zero-order valence-electron chi connectivity index (χ0n) is 15.3. The van der Waals surface area contributed by atoms with E-state index in [0.29, 0.717) is 11.5 Å². The second kappa shape index (κ2) is 6.97. The maximum atomic E-state index is 9.05. The van der Waals surface area contributed by atoms with Crippen LogP contribution >= 0.6 is 0 Å². The minimum atomic E-state index is -0.149. The van der Waals surface area contributed by atoms with Crippen LogP contribution in [0.25, 0.3) is 11.1 Å². The molecule has 1 unspecified atom stereocenters. The summed E-state index contributed by atoms with van der Waals surface area (Å²) in [6.07, 6.45) is 3.47. The molecule has 0 saturated heterocycles. The molecule has 2 aromatic carbocycles. The van der Waals surface area contributed by atoms with Gasteiger partial charge in [-0.3, -0.25) is 0 Å². The van der Waals surface area contributed by atoms with Gasteiger partial charge in [0.15, 0.2) is 0 Å². The van der Waals surface area contributed by atoms with Gasteiger partial charge in [-0.15, -0.1) is 0 Å². The summed E-state index contributed by atoms with van der Waals surface area (Å²) < 4.78 is 0. The molecule has 2 N–H and O–H groups in total. The van der Waals surface area contributed by atoms with E-state index in [2.05, 4.69) is 73.2 Å². The van der Waals surface area contributed by atoms with Gasteiger partial charge in [-0.05, 0) is 34.7 Å². The summed E-state index contributed by atoms with van der Waals surface area (Å²) in [5, 5.41) is 9.05.